The van der Waals surface area contributed by atoms with Gasteiger partial charge < -0.3 is 15.5 Å². The second kappa shape index (κ2) is 10.2. The van der Waals surface area contributed by atoms with Crippen LogP contribution in [-0.2, 0) is 7.05 Å². The van der Waals surface area contributed by atoms with Gasteiger partial charge in [0.25, 0.3) is 17.0 Å². The van der Waals surface area contributed by atoms with Crippen LogP contribution in [0.15, 0.2) is 56.8 Å². The Balaban J connectivity index is 1.74. The molecule has 2 aromatic carbocycles. The number of piperazine rings is 1. The molecule has 2 aromatic heterocycles. The number of H-pyrrole nitrogens is 1. The number of aromatic amines is 1. The van der Waals surface area contributed by atoms with Gasteiger partial charge in [0.1, 0.15) is 17.0 Å². The number of anilines is 2. The van der Waals surface area contributed by atoms with E-state index in [0.717, 1.165) is 0 Å². The summed E-state index contributed by atoms with van der Waals surface area (Å²) in [6.45, 7) is 4.02. The minimum atomic E-state index is -0.767. The number of aryl methyl sites for hydroxylation is 1. The zero-order chi connectivity index (χ0) is 27.1. The summed E-state index contributed by atoms with van der Waals surface area (Å²) in [5.74, 6) is -0.722. The molecule has 38 heavy (non-hydrogen) atoms. The Labute approximate surface area is 229 Å². The summed E-state index contributed by atoms with van der Waals surface area (Å²) in [6.07, 6.45) is 0. The topological polar surface area (TPSA) is 121 Å². The van der Waals surface area contributed by atoms with E-state index in [1.165, 1.54) is 35.2 Å². The van der Waals surface area contributed by atoms with E-state index in [4.69, 9.17) is 0 Å². The lowest BCUT2D eigenvalue weighted by Crippen LogP contribution is -2.46. The van der Waals surface area contributed by atoms with Gasteiger partial charge in [0.05, 0.1) is 16.9 Å². The van der Waals surface area contributed by atoms with E-state index in [-0.39, 0.29) is 33.9 Å². The molecule has 0 unspecified atom stereocenters. The lowest BCUT2D eigenvalue weighted by atomic mass is 10.1. The second-order valence-electron chi connectivity index (χ2n) is 9.00. The Morgan fingerprint density at radius 3 is 2.53 bits per heavy atom. The van der Waals surface area contributed by atoms with Crippen LogP contribution in [0.4, 0.5) is 15.9 Å². The standard InChI is InChI=1S/C26H24FIN6O4/c1-14-21-20(22(32(2)24(14)36)30-19-7-6-16(28)13-18(19)27)23(35)31-26(38)34(21)17-5-3-4-15(12-17)25(37)33-10-8-29-9-11-33/h3-7,12-13,29-30H,8-11H2,1-2H3,(H,31,35,38). The number of fused-ring (bicyclic) bond motifs is 1. The Hall–Kier alpha value is -3.78. The molecule has 12 heteroatoms. The summed E-state index contributed by atoms with van der Waals surface area (Å²) >= 11 is 1.98. The first kappa shape index (κ1) is 25.9. The van der Waals surface area contributed by atoms with Gasteiger partial charge in [-0.15, -0.1) is 0 Å². The fourth-order valence-corrected chi connectivity index (χ4v) is 5.13. The highest BCUT2D eigenvalue weighted by atomic mass is 127. The molecular weight excluding hydrogens is 606 g/mol. The summed E-state index contributed by atoms with van der Waals surface area (Å²) in [5.41, 5.74) is -1.01. The van der Waals surface area contributed by atoms with Crippen molar-refractivity contribution in [3.05, 3.63) is 94.2 Å². The number of halogens is 2. The van der Waals surface area contributed by atoms with Crippen LogP contribution < -0.4 is 27.4 Å². The Kier molecular flexibility index (Phi) is 6.92. The van der Waals surface area contributed by atoms with Gasteiger partial charge in [0.15, 0.2) is 0 Å². The zero-order valence-corrected chi connectivity index (χ0v) is 22.8. The number of nitrogens with zero attached hydrogens (tertiary/aromatic N) is 3. The summed E-state index contributed by atoms with van der Waals surface area (Å²) in [5, 5.41) is 6.08. The first-order valence-corrected chi connectivity index (χ1v) is 13.0. The van der Waals surface area contributed by atoms with E-state index < -0.39 is 22.6 Å². The van der Waals surface area contributed by atoms with E-state index >= 15 is 0 Å². The van der Waals surface area contributed by atoms with Gasteiger partial charge in [0.2, 0.25) is 0 Å². The molecule has 3 heterocycles. The maximum absolute atomic E-state index is 14.7. The van der Waals surface area contributed by atoms with Crippen molar-refractivity contribution in [2.45, 2.75) is 6.92 Å². The summed E-state index contributed by atoms with van der Waals surface area (Å²) in [4.78, 5) is 56.7. The van der Waals surface area contributed by atoms with Crippen LogP contribution in [0.2, 0.25) is 0 Å². The average molecular weight is 630 g/mol. The van der Waals surface area contributed by atoms with Gasteiger partial charge in [-0.05, 0) is 65.9 Å². The van der Waals surface area contributed by atoms with Crippen molar-refractivity contribution in [2.75, 3.05) is 31.5 Å². The second-order valence-corrected chi connectivity index (χ2v) is 10.2. The molecule has 1 aliphatic rings. The maximum Gasteiger partial charge on any atom is 0.333 e. The van der Waals surface area contributed by atoms with Crippen LogP contribution in [0, 0.1) is 16.3 Å². The number of hydrogen-bond acceptors (Lipinski definition) is 6. The third-order valence-electron chi connectivity index (χ3n) is 6.60. The summed E-state index contributed by atoms with van der Waals surface area (Å²) < 4.78 is 17.8. The quantitative estimate of drug-likeness (QED) is 0.298. The first-order chi connectivity index (χ1) is 18.2. The molecule has 4 aromatic rings. The molecule has 5 rings (SSSR count). The molecule has 1 amide bonds. The molecule has 3 N–H and O–H groups in total. The number of carbonyl (C=O) groups excluding carboxylic acids is 1. The normalized spacial score (nSPS) is 13.6. The molecule has 0 saturated carbocycles. The molecule has 0 spiro atoms. The fraction of sp³-hybridized carbons (Fsp3) is 0.231. The molecule has 196 valence electrons. The lowest BCUT2D eigenvalue weighted by Gasteiger charge is -2.27. The van der Waals surface area contributed by atoms with Gasteiger partial charge in [0, 0.05) is 47.9 Å². The number of aromatic nitrogens is 3. The fourth-order valence-electron chi connectivity index (χ4n) is 4.67. The molecule has 0 bridgehead atoms. The minimum absolute atomic E-state index is 0.000912. The van der Waals surface area contributed by atoms with Crippen molar-refractivity contribution in [3.63, 3.8) is 0 Å². The zero-order valence-electron chi connectivity index (χ0n) is 20.6. The number of rotatable bonds is 4. The van der Waals surface area contributed by atoms with Crippen LogP contribution in [0.5, 0.6) is 0 Å². The number of nitrogens with one attached hydrogen (secondary N) is 3. The molecule has 0 atom stereocenters. The molecular formula is C26H24FIN6O4. The number of benzene rings is 2. The van der Waals surface area contributed by atoms with E-state index in [2.05, 4.69) is 15.6 Å². The Morgan fingerprint density at radius 2 is 1.82 bits per heavy atom. The third kappa shape index (κ3) is 4.53. The first-order valence-electron chi connectivity index (χ1n) is 11.9. The van der Waals surface area contributed by atoms with Gasteiger partial charge >= 0.3 is 5.69 Å². The highest BCUT2D eigenvalue weighted by molar-refractivity contribution is 14.1. The van der Waals surface area contributed by atoms with Crippen LogP contribution in [-0.4, -0.2) is 51.1 Å². The van der Waals surface area contributed by atoms with Crippen molar-refractivity contribution in [2.24, 2.45) is 7.05 Å². The number of hydrogen-bond donors (Lipinski definition) is 3. The Morgan fingerprint density at radius 1 is 1.08 bits per heavy atom. The van der Waals surface area contributed by atoms with Crippen molar-refractivity contribution >= 4 is 50.9 Å². The number of carbonyl (C=O) groups is 1. The van der Waals surface area contributed by atoms with Crippen LogP contribution in [0.3, 0.4) is 0 Å². The van der Waals surface area contributed by atoms with Crippen molar-refractivity contribution < 1.29 is 9.18 Å². The molecule has 1 saturated heterocycles. The minimum Gasteiger partial charge on any atom is -0.338 e. The van der Waals surface area contributed by atoms with Crippen molar-refractivity contribution in [3.8, 4) is 5.69 Å². The van der Waals surface area contributed by atoms with Gasteiger partial charge in [-0.2, -0.15) is 0 Å². The smallest absolute Gasteiger partial charge is 0.333 e. The lowest BCUT2D eigenvalue weighted by molar-refractivity contribution is 0.0736. The predicted molar refractivity (Wildman–Crippen MR) is 151 cm³/mol. The maximum atomic E-state index is 14.7. The van der Waals surface area contributed by atoms with E-state index in [1.807, 2.05) is 22.6 Å². The van der Waals surface area contributed by atoms with Gasteiger partial charge in [-0.3, -0.25) is 28.5 Å². The van der Waals surface area contributed by atoms with E-state index in [0.29, 0.717) is 41.0 Å². The monoisotopic (exact) mass is 630 g/mol. The number of pyridine rings is 1. The van der Waals surface area contributed by atoms with Crippen LogP contribution in [0.1, 0.15) is 15.9 Å². The number of amides is 1. The molecule has 1 fully saturated rings. The summed E-state index contributed by atoms with van der Waals surface area (Å²) in [7, 11) is 1.46. The van der Waals surface area contributed by atoms with Gasteiger partial charge in [-0.1, -0.05) is 6.07 Å². The molecule has 1 aliphatic heterocycles. The largest absolute Gasteiger partial charge is 0.338 e. The molecule has 0 radical (unpaired) electrons. The SMILES string of the molecule is Cc1c(=O)n(C)c(Nc2ccc(I)cc2F)c2c(=O)[nH]c(=O)n(-c3cccc(C(=O)N4CCNCC4)c3)c12. The Bertz CT molecular complexity index is 1770. The van der Waals surface area contributed by atoms with Crippen LogP contribution in [0.25, 0.3) is 16.6 Å². The molecule has 0 aliphatic carbocycles. The highest BCUT2D eigenvalue weighted by Gasteiger charge is 2.23. The highest BCUT2D eigenvalue weighted by Crippen LogP contribution is 2.27. The van der Waals surface area contributed by atoms with E-state index in [1.54, 1.807) is 35.2 Å². The average Bonchev–Trinajstić information content (AvgIpc) is 2.91. The van der Waals surface area contributed by atoms with E-state index in [9.17, 15) is 23.6 Å². The summed E-state index contributed by atoms with van der Waals surface area (Å²) in [6, 6.07) is 11.0. The predicted octanol–water partition coefficient (Wildman–Crippen LogP) is 2.22. The van der Waals surface area contributed by atoms with Crippen molar-refractivity contribution in [1.29, 1.82) is 0 Å². The van der Waals surface area contributed by atoms with Gasteiger partial charge in [-0.25, -0.2) is 9.18 Å². The third-order valence-corrected chi connectivity index (χ3v) is 7.27. The van der Waals surface area contributed by atoms with Crippen molar-refractivity contribution in [1.82, 2.24) is 24.3 Å². The van der Waals surface area contributed by atoms with Crippen LogP contribution >= 0.6 is 22.6 Å². The molecule has 10 nitrogen and oxygen atoms in total.